The van der Waals surface area contributed by atoms with Crippen LogP contribution in [0.3, 0.4) is 0 Å². The fourth-order valence-corrected chi connectivity index (χ4v) is 3.04. The Labute approximate surface area is 185 Å². The molecule has 0 spiro atoms. The number of esters is 1. The first kappa shape index (κ1) is 24.4. The van der Waals surface area contributed by atoms with Crippen molar-refractivity contribution in [2.24, 2.45) is 7.05 Å². The first-order valence-corrected chi connectivity index (χ1v) is 9.05. The molecule has 0 saturated heterocycles. The van der Waals surface area contributed by atoms with E-state index in [1.807, 2.05) is 0 Å². The molecular formula is C18H12ClF7N4O3. The highest BCUT2D eigenvalue weighted by Crippen LogP contribution is 2.48. The Morgan fingerprint density at radius 3 is 2.39 bits per heavy atom. The third-order valence-corrected chi connectivity index (χ3v) is 4.67. The first-order valence-electron chi connectivity index (χ1n) is 8.68. The number of alkyl halides is 7. The van der Waals surface area contributed by atoms with Gasteiger partial charge in [0.2, 0.25) is 0 Å². The van der Waals surface area contributed by atoms with Crippen molar-refractivity contribution in [2.45, 2.75) is 18.7 Å². The summed E-state index contributed by atoms with van der Waals surface area (Å²) in [7, 11) is 2.08. The second-order valence-corrected chi connectivity index (χ2v) is 6.84. The summed E-state index contributed by atoms with van der Waals surface area (Å²) in [5.41, 5.74) is -1.52. The van der Waals surface area contributed by atoms with Gasteiger partial charge in [-0.2, -0.15) is 40.9 Å². The van der Waals surface area contributed by atoms with Gasteiger partial charge in [0, 0.05) is 18.8 Å². The molecule has 0 aliphatic rings. The Morgan fingerprint density at radius 1 is 1.15 bits per heavy atom. The van der Waals surface area contributed by atoms with Gasteiger partial charge in [-0.1, -0.05) is 17.7 Å². The Balaban J connectivity index is 2.14. The second-order valence-electron chi connectivity index (χ2n) is 6.44. The van der Waals surface area contributed by atoms with E-state index < -0.39 is 41.9 Å². The number of carbonyl (C=O) groups is 1. The summed E-state index contributed by atoms with van der Waals surface area (Å²) in [6.45, 7) is -3.73. The molecule has 0 atom stereocenters. The molecule has 3 rings (SSSR count). The van der Waals surface area contributed by atoms with Gasteiger partial charge in [0.1, 0.15) is 0 Å². The predicted molar refractivity (Wildman–Crippen MR) is 98.7 cm³/mol. The Kier molecular flexibility index (Phi) is 6.33. The van der Waals surface area contributed by atoms with E-state index >= 15 is 0 Å². The van der Waals surface area contributed by atoms with Crippen LogP contribution in [0.2, 0.25) is 5.02 Å². The number of ether oxygens (including phenoxy) is 2. The molecule has 0 radical (unpaired) electrons. The van der Waals surface area contributed by atoms with E-state index in [9.17, 15) is 35.5 Å². The summed E-state index contributed by atoms with van der Waals surface area (Å²) >= 11 is 5.95. The molecule has 0 fully saturated rings. The lowest BCUT2D eigenvalue weighted by molar-refractivity contribution is -0.291. The Morgan fingerprint density at radius 2 is 1.82 bits per heavy atom. The molecule has 2 heterocycles. The maximum Gasteiger partial charge on any atom is 0.459 e. The number of rotatable bonds is 6. The van der Waals surface area contributed by atoms with Crippen LogP contribution >= 0.6 is 11.6 Å². The summed E-state index contributed by atoms with van der Waals surface area (Å²) in [6, 6.07) is 4.13. The van der Waals surface area contributed by atoms with Gasteiger partial charge >= 0.3 is 24.7 Å². The number of hydrogen-bond acceptors (Lipinski definition) is 5. The summed E-state index contributed by atoms with van der Waals surface area (Å²) in [6.07, 6.45) is -3.86. The number of nitrogens with zero attached hydrogens (tertiary/aromatic N) is 4. The molecule has 0 amide bonds. The molecule has 0 N–H and O–H groups in total. The molecule has 0 unspecified atom stereocenters. The highest BCUT2D eigenvalue weighted by atomic mass is 35.5. The van der Waals surface area contributed by atoms with E-state index in [4.69, 9.17) is 11.6 Å². The molecule has 0 bridgehead atoms. The number of halogens is 8. The summed E-state index contributed by atoms with van der Waals surface area (Å²) in [5.74, 6) is -8.57. The molecular weight excluding hydrogens is 489 g/mol. The molecule has 1 aromatic carbocycles. The third-order valence-electron chi connectivity index (χ3n) is 4.34. The number of hydrogen-bond donors (Lipinski definition) is 0. The smallest absolute Gasteiger partial charge is 0.459 e. The van der Waals surface area contributed by atoms with E-state index in [1.165, 1.54) is 18.2 Å². The largest absolute Gasteiger partial charge is 0.465 e. The molecule has 15 heteroatoms. The summed E-state index contributed by atoms with van der Waals surface area (Å²) < 4.78 is 102. The van der Waals surface area contributed by atoms with E-state index in [1.54, 1.807) is 0 Å². The molecule has 7 nitrogen and oxygen atoms in total. The molecule has 0 saturated carbocycles. The van der Waals surface area contributed by atoms with Crippen molar-refractivity contribution >= 4 is 17.6 Å². The SMILES string of the molecule is COC(=O)c1cc(-c2cnn(-c3c(OC(F)F)c(C(F)(F)C(F)(F)F)nn3C)c2)ccc1Cl. The molecule has 3 aromatic rings. The van der Waals surface area contributed by atoms with Crippen molar-refractivity contribution in [3.05, 3.63) is 46.9 Å². The van der Waals surface area contributed by atoms with Crippen molar-refractivity contribution in [2.75, 3.05) is 7.11 Å². The average molecular weight is 501 g/mol. The van der Waals surface area contributed by atoms with Gasteiger partial charge in [0.05, 0.1) is 23.9 Å². The van der Waals surface area contributed by atoms with Gasteiger partial charge in [0.15, 0.2) is 17.3 Å². The lowest BCUT2D eigenvalue weighted by Gasteiger charge is -2.18. The van der Waals surface area contributed by atoms with Crippen molar-refractivity contribution in [1.82, 2.24) is 19.6 Å². The number of aryl methyl sites for hydroxylation is 1. The maximum absolute atomic E-state index is 13.9. The third kappa shape index (κ3) is 4.47. The predicted octanol–water partition coefficient (Wildman–Crippen LogP) is 4.97. The number of aromatic nitrogens is 4. The van der Waals surface area contributed by atoms with E-state index in [0.29, 0.717) is 10.2 Å². The van der Waals surface area contributed by atoms with Crippen LogP contribution in [0.5, 0.6) is 5.75 Å². The quantitative estimate of drug-likeness (QED) is 0.353. The van der Waals surface area contributed by atoms with Crippen LogP contribution in [0, 0.1) is 0 Å². The lowest BCUT2D eigenvalue weighted by Crippen LogP contribution is -2.34. The molecule has 178 valence electrons. The highest BCUT2D eigenvalue weighted by Gasteiger charge is 2.62. The monoisotopic (exact) mass is 500 g/mol. The first-order chi connectivity index (χ1) is 15.3. The van der Waals surface area contributed by atoms with Crippen molar-refractivity contribution in [3.8, 4) is 22.7 Å². The zero-order valence-electron chi connectivity index (χ0n) is 16.5. The van der Waals surface area contributed by atoms with Crippen LogP contribution in [0.1, 0.15) is 16.1 Å². The number of benzene rings is 1. The molecule has 0 aliphatic heterocycles. The van der Waals surface area contributed by atoms with Crippen LogP contribution < -0.4 is 4.74 Å². The van der Waals surface area contributed by atoms with Gasteiger partial charge in [-0.25, -0.2) is 14.2 Å². The fourth-order valence-electron chi connectivity index (χ4n) is 2.84. The fraction of sp³-hybridized carbons (Fsp3) is 0.278. The van der Waals surface area contributed by atoms with Crippen LogP contribution in [0.25, 0.3) is 16.9 Å². The van der Waals surface area contributed by atoms with Gasteiger partial charge in [-0.05, 0) is 17.7 Å². The van der Waals surface area contributed by atoms with Crippen molar-refractivity contribution < 1.29 is 45.0 Å². The minimum atomic E-state index is -6.12. The van der Waals surface area contributed by atoms with E-state index in [-0.39, 0.29) is 16.1 Å². The van der Waals surface area contributed by atoms with Crippen LogP contribution in [0.4, 0.5) is 30.7 Å². The van der Waals surface area contributed by atoms with Crippen LogP contribution in [0.15, 0.2) is 30.6 Å². The number of methoxy groups -OCH3 is 1. The molecule has 2 aromatic heterocycles. The minimum absolute atomic E-state index is 0.0150. The standard InChI is InChI=1S/C18H12ClF7N4O3/c1-29-14(12(33-16(20)21)13(28-29)17(22,23)18(24,25)26)30-7-9(6-27-30)8-3-4-11(19)10(5-8)15(31)32-2/h3-7,16H,1-2H3. The van der Waals surface area contributed by atoms with Gasteiger partial charge in [-0.15, -0.1) is 0 Å². The van der Waals surface area contributed by atoms with Crippen molar-refractivity contribution in [3.63, 3.8) is 0 Å². The normalized spacial score (nSPS) is 12.3. The molecule has 33 heavy (non-hydrogen) atoms. The van der Waals surface area contributed by atoms with E-state index in [0.717, 1.165) is 31.2 Å². The van der Waals surface area contributed by atoms with E-state index in [2.05, 4.69) is 19.7 Å². The van der Waals surface area contributed by atoms with Gasteiger partial charge in [-0.3, -0.25) is 0 Å². The number of carbonyl (C=O) groups excluding carboxylic acids is 1. The van der Waals surface area contributed by atoms with Crippen LogP contribution in [-0.2, 0) is 17.7 Å². The Hall–Kier alpha value is -3.29. The lowest BCUT2D eigenvalue weighted by atomic mass is 10.1. The Bertz CT molecular complexity index is 1190. The summed E-state index contributed by atoms with van der Waals surface area (Å²) in [5, 5.41) is 6.96. The zero-order chi connectivity index (χ0) is 24.7. The van der Waals surface area contributed by atoms with Gasteiger partial charge in [0.25, 0.3) is 0 Å². The van der Waals surface area contributed by atoms with Gasteiger partial charge < -0.3 is 9.47 Å². The maximum atomic E-state index is 13.9. The van der Waals surface area contributed by atoms with Crippen molar-refractivity contribution in [1.29, 1.82) is 0 Å². The highest BCUT2D eigenvalue weighted by molar-refractivity contribution is 6.33. The molecule has 0 aliphatic carbocycles. The zero-order valence-corrected chi connectivity index (χ0v) is 17.3. The average Bonchev–Trinajstić information content (AvgIpc) is 3.31. The minimum Gasteiger partial charge on any atom is -0.465 e. The topological polar surface area (TPSA) is 71.2 Å². The second kappa shape index (κ2) is 8.57. The summed E-state index contributed by atoms with van der Waals surface area (Å²) in [4.78, 5) is 11.8. The van der Waals surface area contributed by atoms with Crippen LogP contribution in [-0.4, -0.2) is 45.4 Å².